The van der Waals surface area contributed by atoms with Crippen LogP contribution in [-0.2, 0) is 17.6 Å². The number of carbonyl (C=O) groups excluding carboxylic acids is 3. The fourth-order valence-electron chi connectivity index (χ4n) is 6.44. The number of hydrogen-bond acceptors (Lipinski definition) is 3. The van der Waals surface area contributed by atoms with Crippen molar-refractivity contribution in [1.82, 2.24) is 15.2 Å². The number of aromatic nitrogens is 1. The number of fused-ring (bicyclic) bond motifs is 4. The largest absolute Gasteiger partial charge is 0.356 e. The standard InChI is InChI=1S/C35H29FN4O3/c1-21-8-2-3-9-24(21)32-31-27(25-10-4-6-12-28(25)38-31)20-30-34(42)40(35(43)39(30)32)29-13-7-5-11-26(29)33(41)37-19-18-22-14-16-23(36)17-15-22/h2-17,30,32,38H,18-20H2,1H3,(H,37,41). The first kappa shape index (κ1) is 26.6. The van der Waals surface area contributed by atoms with Crippen LogP contribution < -0.4 is 10.2 Å². The van der Waals surface area contributed by atoms with Gasteiger partial charge >= 0.3 is 6.03 Å². The Labute approximate surface area is 247 Å². The van der Waals surface area contributed by atoms with Crippen molar-refractivity contribution in [3.05, 3.63) is 136 Å². The summed E-state index contributed by atoms with van der Waals surface area (Å²) >= 11 is 0. The Bertz CT molecular complexity index is 1900. The SMILES string of the molecule is Cc1ccccc1C1c2[nH]c3ccccc3c2CC2C(=O)N(c3ccccc3C(=O)NCCc3ccc(F)cc3)C(=O)N21. The minimum Gasteiger partial charge on any atom is -0.356 e. The first-order valence-electron chi connectivity index (χ1n) is 14.4. The van der Waals surface area contributed by atoms with E-state index in [1.165, 1.54) is 17.0 Å². The average molecular weight is 573 g/mol. The summed E-state index contributed by atoms with van der Waals surface area (Å²) in [6, 6.07) is 27.0. The maximum absolute atomic E-state index is 14.3. The lowest BCUT2D eigenvalue weighted by molar-refractivity contribution is -0.120. The van der Waals surface area contributed by atoms with Gasteiger partial charge in [0.05, 0.1) is 11.3 Å². The number of amides is 4. The molecule has 3 heterocycles. The van der Waals surface area contributed by atoms with Crippen molar-refractivity contribution in [2.45, 2.75) is 31.8 Å². The van der Waals surface area contributed by atoms with Gasteiger partial charge in [0.25, 0.3) is 11.8 Å². The molecular formula is C35H29FN4O3. The molecule has 43 heavy (non-hydrogen) atoms. The van der Waals surface area contributed by atoms with E-state index in [4.69, 9.17) is 0 Å². The molecule has 4 aromatic carbocycles. The zero-order valence-corrected chi connectivity index (χ0v) is 23.5. The van der Waals surface area contributed by atoms with Gasteiger partial charge in [-0.25, -0.2) is 14.1 Å². The van der Waals surface area contributed by atoms with Crippen LogP contribution in [-0.4, -0.2) is 40.3 Å². The van der Waals surface area contributed by atoms with Gasteiger partial charge in [-0.05, 0) is 65.9 Å². The van der Waals surface area contributed by atoms with Crippen LogP contribution in [0.1, 0.15) is 44.3 Å². The van der Waals surface area contributed by atoms with Gasteiger partial charge in [0, 0.05) is 29.6 Å². The van der Waals surface area contributed by atoms with E-state index in [1.54, 1.807) is 41.3 Å². The number of H-pyrrole nitrogens is 1. The Morgan fingerprint density at radius 2 is 1.65 bits per heavy atom. The Kier molecular flexibility index (Phi) is 6.54. The Hall–Kier alpha value is -5.24. The van der Waals surface area contributed by atoms with Crippen LogP contribution in [0.4, 0.5) is 14.9 Å². The summed E-state index contributed by atoms with van der Waals surface area (Å²) in [6.45, 7) is 2.32. The van der Waals surface area contributed by atoms with Gasteiger partial charge < -0.3 is 10.3 Å². The van der Waals surface area contributed by atoms with Crippen LogP contribution >= 0.6 is 0 Å². The molecular weight excluding hydrogens is 543 g/mol. The van der Waals surface area contributed by atoms with Crippen molar-refractivity contribution in [3.63, 3.8) is 0 Å². The van der Waals surface area contributed by atoms with Crippen LogP contribution in [0.25, 0.3) is 10.9 Å². The van der Waals surface area contributed by atoms with Crippen molar-refractivity contribution < 1.29 is 18.8 Å². The minimum atomic E-state index is -0.724. The van der Waals surface area contributed by atoms with Crippen molar-refractivity contribution in [2.24, 2.45) is 0 Å². The lowest BCUT2D eigenvalue weighted by atomic mass is 9.87. The summed E-state index contributed by atoms with van der Waals surface area (Å²) in [7, 11) is 0. The third-order valence-corrected chi connectivity index (χ3v) is 8.53. The summed E-state index contributed by atoms with van der Waals surface area (Å²) in [5.74, 6) is -1.07. The molecule has 7 rings (SSSR count). The molecule has 1 saturated heterocycles. The molecule has 2 aliphatic heterocycles. The maximum atomic E-state index is 14.3. The predicted molar refractivity (Wildman–Crippen MR) is 162 cm³/mol. The van der Waals surface area contributed by atoms with E-state index in [2.05, 4.69) is 10.3 Å². The fraction of sp³-hybridized carbons (Fsp3) is 0.171. The van der Waals surface area contributed by atoms with Crippen LogP contribution in [0.3, 0.4) is 0 Å². The third-order valence-electron chi connectivity index (χ3n) is 8.53. The number of hydrogen-bond donors (Lipinski definition) is 2. The number of aromatic amines is 1. The smallest absolute Gasteiger partial charge is 0.332 e. The second-order valence-corrected chi connectivity index (χ2v) is 11.1. The highest BCUT2D eigenvalue weighted by Crippen LogP contribution is 2.45. The molecule has 0 saturated carbocycles. The summed E-state index contributed by atoms with van der Waals surface area (Å²) in [6.07, 6.45) is 0.879. The number of para-hydroxylation sites is 2. The molecule has 2 N–H and O–H groups in total. The third kappa shape index (κ3) is 4.46. The number of nitrogens with one attached hydrogen (secondary N) is 2. The number of imide groups is 1. The van der Waals surface area contributed by atoms with E-state index in [0.29, 0.717) is 19.4 Å². The topological polar surface area (TPSA) is 85.5 Å². The van der Waals surface area contributed by atoms with Crippen LogP contribution in [0.15, 0.2) is 97.1 Å². The molecule has 5 aromatic rings. The molecule has 8 heteroatoms. The van der Waals surface area contributed by atoms with Crippen molar-refractivity contribution in [1.29, 1.82) is 0 Å². The van der Waals surface area contributed by atoms with Crippen LogP contribution in [0.5, 0.6) is 0 Å². The highest BCUT2D eigenvalue weighted by Gasteiger charge is 2.53. The van der Waals surface area contributed by atoms with E-state index in [1.807, 2.05) is 55.5 Å². The van der Waals surface area contributed by atoms with Gasteiger partial charge in [-0.2, -0.15) is 0 Å². The highest BCUT2D eigenvalue weighted by molar-refractivity contribution is 6.24. The van der Waals surface area contributed by atoms with Gasteiger partial charge in [-0.1, -0.05) is 66.7 Å². The first-order chi connectivity index (χ1) is 20.9. The molecule has 1 fully saturated rings. The normalized spacial score (nSPS) is 17.7. The second kappa shape index (κ2) is 10.5. The number of anilines is 1. The van der Waals surface area contributed by atoms with Crippen LogP contribution in [0.2, 0.25) is 0 Å². The molecule has 1 aromatic heterocycles. The molecule has 7 nitrogen and oxygen atoms in total. The Morgan fingerprint density at radius 1 is 0.930 bits per heavy atom. The molecule has 0 radical (unpaired) electrons. The number of rotatable bonds is 6. The van der Waals surface area contributed by atoms with Gasteiger partial charge in [-0.15, -0.1) is 0 Å². The molecule has 2 atom stereocenters. The van der Waals surface area contributed by atoms with Crippen molar-refractivity contribution in [3.8, 4) is 0 Å². The molecule has 214 valence electrons. The molecule has 0 aliphatic carbocycles. The summed E-state index contributed by atoms with van der Waals surface area (Å²) in [5, 5.41) is 3.93. The van der Waals surface area contributed by atoms with Gasteiger partial charge in [0.15, 0.2) is 0 Å². The molecule has 2 unspecified atom stereocenters. The molecule has 4 amide bonds. The predicted octanol–water partition coefficient (Wildman–Crippen LogP) is 6.07. The van der Waals surface area contributed by atoms with E-state index in [0.717, 1.165) is 38.9 Å². The number of halogens is 1. The minimum absolute atomic E-state index is 0.236. The zero-order chi connectivity index (χ0) is 29.7. The Morgan fingerprint density at radius 3 is 2.47 bits per heavy atom. The first-order valence-corrected chi connectivity index (χ1v) is 14.4. The number of benzene rings is 4. The Balaban J connectivity index is 1.24. The number of nitrogens with zero attached hydrogens (tertiary/aromatic N) is 2. The second-order valence-electron chi connectivity index (χ2n) is 11.1. The van der Waals surface area contributed by atoms with E-state index < -0.39 is 24.0 Å². The molecule has 0 bridgehead atoms. The quantitative estimate of drug-likeness (QED) is 0.242. The molecule has 0 spiro atoms. The number of carbonyl (C=O) groups is 3. The summed E-state index contributed by atoms with van der Waals surface area (Å²) < 4.78 is 13.3. The zero-order valence-electron chi connectivity index (χ0n) is 23.5. The van der Waals surface area contributed by atoms with E-state index in [-0.39, 0.29) is 23.0 Å². The lowest BCUT2D eigenvalue weighted by Crippen LogP contribution is -2.44. The van der Waals surface area contributed by atoms with Gasteiger partial charge in [-0.3, -0.25) is 14.5 Å². The lowest BCUT2D eigenvalue weighted by Gasteiger charge is -2.36. The fourth-order valence-corrected chi connectivity index (χ4v) is 6.44. The number of aryl methyl sites for hydroxylation is 1. The highest BCUT2D eigenvalue weighted by atomic mass is 19.1. The molecule has 2 aliphatic rings. The summed E-state index contributed by atoms with van der Waals surface area (Å²) in [5.41, 5.74) is 6.22. The summed E-state index contributed by atoms with van der Waals surface area (Å²) in [4.78, 5) is 48.3. The van der Waals surface area contributed by atoms with Crippen molar-refractivity contribution >= 4 is 34.4 Å². The monoisotopic (exact) mass is 572 g/mol. The van der Waals surface area contributed by atoms with Crippen LogP contribution in [0, 0.1) is 12.7 Å². The van der Waals surface area contributed by atoms with Gasteiger partial charge in [0.1, 0.15) is 17.9 Å². The van der Waals surface area contributed by atoms with Gasteiger partial charge in [0.2, 0.25) is 0 Å². The van der Waals surface area contributed by atoms with E-state index >= 15 is 0 Å². The maximum Gasteiger partial charge on any atom is 0.332 e. The van der Waals surface area contributed by atoms with Crippen molar-refractivity contribution in [2.75, 3.05) is 11.4 Å². The number of urea groups is 1. The van der Waals surface area contributed by atoms with E-state index in [9.17, 15) is 18.8 Å². The average Bonchev–Trinajstić information content (AvgIpc) is 3.51.